The lowest BCUT2D eigenvalue weighted by Crippen LogP contribution is -1.95. The molecule has 0 fully saturated rings. The second-order valence-corrected chi connectivity index (χ2v) is 3.79. The molecule has 3 heterocycles. The van der Waals surface area contributed by atoms with Crippen molar-refractivity contribution >= 4 is 5.65 Å². The minimum atomic E-state index is 0.903. The van der Waals surface area contributed by atoms with E-state index in [-0.39, 0.29) is 0 Å². The Morgan fingerprint density at radius 2 is 2.12 bits per heavy atom. The molecule has 0 bridgehead atoms. The summed E-state index contributed by atoms with van der Waals surface area (Å²) in [7, 11) is 1.91. The summed E-state index contributed by atoms with van der Waals surface area (Å²) < 4.78 is 3.85. The fraction of sp³-hybridized carbons (Fsp3) is 0.167. The first kappa shape index (κ1) is 9.15. The molecule has 16 heavy (non-hydrogen) atoms. The monoisotopic (exact) mass is 211 g/mol. The molecular weight excluding hydrogens is 200 g/mol. The highest BCUT2D eigenvalue weighted by Gasteiger charge is 2.08. The Bertz CT molecular complexity index is 648. The summed E-state index contributed by atoms with van der Waals surface area (Å²) in [6.07, 6.45) is 4.91. The first-order valence-electron chi connectivity index (χ1n) is 5.11. The molecule has 3 rings (SSSR count). The summed E-state index contributed by atoms with van der Waals surface area (Å²) in [5.41, 5.74) is 3.89. The largest absolute Gasteiger partial charge is 0.295 e. The van der Waals surface area contributed by atoms with Crippen LogP contribution in [-0.2, 0) is 7.05 Å². The molecule has 0 aliphatic heterocycles. The number of rotatable bonds is 1. The van der Waals surface area contributed by atoms with Crippen LogP contribution in [-0.4, -0.2) is 19.2 Å². The van der Waals surface area contributed by atoms with Crippen LogP contribution in [0, 0.1) is 13.1 Å². The topological polar surface area (TPSA) is 35.1 Å². The SMILES string of the molecule is Cc1[c]nc2cccc(-c3ccn(C)n3)n12. The van der Waals surface area contributed by atoms with Crippen molar-refractivity contribution in [3.63, 3.8) is 0 Å². The van der Waals surface area contributed by atoms with Crippen LogP contribution in [0.1, 0.15) is 5.69 Å². The third-order valence-corrected chi connectivity index (χ3v) is 2.61. The average Bonchev–Trinajstić information content (AvgIpc) is 2.86. The van der Waals surface area contributed by atoms with Crippen molar-refractivity contribution in [2.45, 2.75) is 6.92 Å². The van der Waals surface area contributed by atoms with Gasteiger partial charge in [0.2, 0.25) is 0 Å². The number of imidazole rings is 1. The average molecular weight is 211 g/mol. The summed E-state index contributed by atoms with van der Waals surface area (Å²) in [5.74, 6) is 0. The van der Waals surface area contributed by atoms with Gasteiger partial charge < -0.3 is 0 Å². The fourth-order valence-electron chi connectivity index (χ4n) is 1.88. The van der Waals surface area contributed by atoms with Gasteiger partial charge in [-0.15, -0.1) is 0 Å². The predicted molar refractivity (Wildman–Crippen MR) is 61.0 cm³/mol. The first-order valence-corrected chi connectivity index (χ1v) is 5.11. The normalized spacial score (nSPS) is 11.1. The van der Waals surface area contributed by atoms with Crippen LogP contribution in [0.5, 0.6) is 0 Å². The summed E-state index contributed by atoms with van der Waals surface area (Å²) in [5, 5.41) is 4.41. The van der Waals surface area contributed by atoms with Crippen LogP contribution in [0.15, 0.2) is 30.5 Å². The van der Waals surface area contributed by atoms with Crippen molar-refractivity contribution in [1.82, 2.24) is 19.2 Å². The van der Waals surface area contributed by atoms with E-state index in [0.29, 0.717) is 0 Å². The van der Waals surface area contributed by atoms with E-state index < -0.39 is 0 Å². The highest BCUT2D eigenvalue weighted by Crippen LogP contribution is 2.19. The summed E-state index contributed by atoms with van der Waals surface area (Å²) in [6, 6.07) is 7.99. The van der Waals surface area contributed by atoms with E-state index in [1.54, 1.807) is 4.68 Å². The lowest BCUT2D eigenvalue weighted by Gasteiger charge is -2.03. The van der Waals surface area contributed by atoms with Crippen molar-refractivity contribution in [3.8, 4) is 11.4 Å². The third kappa shape index (κ3) is 1.23. The van der Waals surface area contributed by atoms with E-state index in [1.165, 1.54) is 0 Å². The van der Waals surface area contributed by atoms with Gasteiger partial charge in [0.1, 0.15) is 17.5 Å². The lowest BCUT2D eigenvalue weighted by molar-refractivity contribution is 0.769. The summed E-state index contributed by atoms with van der Waals surface area (Å²) in [4.78, 5) is 4.21. The van der Waals surface area contributed by atoms with E-state index in [0.717, 1.165) is 22.7 Å². The standard InChI is InChI=1S/C12H11N4/c1-9-8-13-12-5-3-4-11(16(9)12)10-6-7-15(2)14-10/h3-7H,1-2H3. The Labute approximate surface area is 93.2 Å². The second kappa shape index (κ2) is 3.20. The molecular formula is C12H11N4. The van der Waals surface area contributed by atoms with Crippen molar-refractivity contribution in [3.05, 3.63) is 42.4 Å². The maximum Gasteiger partial charge on any atom is 0.138 e. The predicted octanol–water partition coefficient (Wildman–Crippen LogP) is 1.84. The number of nitrogens with zero attached hydrogens (tertiary/aromatic N) is 4. The van der Waals surface area contributed by atoms with E-state index in [4.69, 9.17) is 0 Å². The van der Waals surface area contributed by atoms with Crippen LogP contribution in [0.2, 0.25) is 0 Å². The number of aryl methyl sites for hydroxylation is 2. The Balaban J connectivity index is 2.34. The van der Waals surface area contributed by atoms with Crippen molar-refractivity contribution in [1.29, 1.82) is 0 Å². The first-order chi connectivity index (χ1) is 7.75. The summed E-state index contributed by atoms with van der Waals surface area (Å²) in [6.45, 7) is 1.99. The molecule has 3 aromatic rings. The van der Waals surface area contributed by atoms with E-state index in [9.17, 15) is 0 Å². The lowest BCUT2D eigenvalue weighted by atomic mass is 10.2. The molecule has 0 N–H and O–H groups in total. The number of hydrogen-bond acceptors (Lipinski definition) is 2. The molecule has 0 saturated carbocycles. The zero-order valence-electron chi connectivity index (χ0n) is 9.18. The van der Waals surface area contributed by atoms with Gasteiger partial charge in [-0.05, 0) is 25.1 Å². The van der Waals surface area contributed by atoms with Gasteiger partial charge in [0.05, 0.1) is 5.69 Å². The Hall–Kier alpha value is -2.10. The van der Waals surface area contributed by atoms with Crippen LogP contribution >= 0.6 is 0 Å². The Kier molecular flexibility index (Phi) is 1.83. The second-order valence-electron chi connectivity index (χ2n) is 3.79. The zero-order valence-corrected chi connectivity index (χ0v) is 9.18. The molecule has 3 aromatic heterocycles. The molecule has 1 radical (unpaired) electrons. The van der Waals surface area contributed by atoms with Gasteiger partial charge in [0.25, 0.3) is 0 Å². The van der Waals surface area contributed by atoms with Crippen molar-refractivity contribution in [2.75, 3.05) is 0 Å². The number of fused-ring (bicyclic) bond motifs is 1. The third-order valence-electron chi connectivity index (χ3n) is 2.61. The molecule has 0 aromatic carbocycles. The summed E-state index contributed by atoms with van der Waals surface area (Å²) >= 11 is 0. The minimum Gasteiger partial charge on any atom is -0.295 e. The molecule has 4 heteroatoms. The molecule has 4 nitrogen and oxygen atoms in total. The van der Waals surface area contributed by atoms with Gasteiger partial charge >= 0.3 is 0 Å². The van der Waals surface area contributed by atoms with Crippen LogP contribution in [0.4, 0.5) is 0 Å². The molecule has 0 aliphatic rings. The quantitative estimate of drug-likeness (QED) is 0.615. The van der Waals surface area contributed by atoms with Gasteiger partial charge in [-0.1, -0.05) is 6.07 Å². The Morgan fingerprint density at radius 3 is 2.88 bits per heavy atom. The van der Waals surface area contributed by atoms with E-state index in [2.05, 4.69) is 20.7 Å². The van der Waals surface area contributed by atoms with E-state index >= 15 is 0 Å². The number of aromatic nitrogens is 4. The zero-order chi connectivity index (χ0) is 11.1. The van der Waals surface area contributed by atoms with Gasteiger partial charge in [-0.25, -0.2) is 4.98 Å². The molecule has 0 atom stereocenters. The van der Waals surface area contributed by atoms with Gasteiger partial charge in [0.15, 0.2) is 0 Å². The fourth-order valence-corrected chi connectivity index (χ4v) is 1.88. The van der Waals surface area contributed by atoms with Gasteiger partial charge in [-0.3, -0.25) is 9.08 Å². The smallest absolute Gasteiger partial charge is 0.138 e. The maximum atomic E-state index is 4.41. The molecule has 0 spiro atoms. The van der Waals surface area contributed by atoms with Crippen molar-refractivity contribution in [2.24, 2.45) is 7.05 Å². The minimum absolute atomic E-state index is 0.903. The highest BCUT2D eigenvalue weighted by molar-refractivity contribution is 5.60. The number of hydrogen-bond donors (Lipinski definition) is 0. The van der Waals surface area contributed by atoms with Crippen molar-refractivity contribution < 1.29 is 0 Å². The molecule has 79 valence electrons. The highest BCUT2D eigenvalue weighted by atomic mass is 15.3. The number of pyridine rings is 1. The Morgan fingerprint density at radius 1 is 1.25 bits per heavy atom. The van der Waals surface area contributed by atoms with Gasteiger partial charge in [0, 0.05) is 18.9 Å². The molecule has 0 amide bonds. The molecule has 0 unspecified atom stereocenters. The van der Waals surface area contributed by atoms with Crippen LogP contribution in [0.3, 0.4) is 0 Å². The molecule has 0 aliphatic carbocycles. The van der Waals surface area contributed by atoms with E-state index in [1.807, 2.05) is 44.4 Å². The van der Waals surface area contributed by atoms with Crippen LogP contribution < -0.4 is 0 Å². The maximum absolute atomic E-state index is 4.41. The van der Waals surface area contributed by atoms with Crippen LogP contribution in [0.25, 0.3) is 17.0 Å². The molecule has 0 saturated heterocycles. The van der Waals surface area contributed by atoms with Gasteiger partial charge in [-0.2, -0.15) is 5.10 Å².